The van der Waals surface area contributed by atoms with E-state index in [2.05, 4.69) is 12.2 Å². The van der Waals surface area contributed by atoms with Gasteiger partial charge in [0.05, 0.1) is 6.04 Å². The number of Topliss-reactive ketones (excluding diaryl/α,β-unsaturated/α-hetero) is 1. The Morgan fingerprint density at radius 3 is 2.56 bits per heavy atom. The molecule has 0 aromatic heterocycles. The summed E-state index contributed by atoms with van der Waals surface area (Å²) in [5.74, 6) is -0.290. The molecule has 2 aliphatic rings. The number of ketones is 1. The van der Waals surface area contributed by atoms with Crippen molar-refractivity contribution >= 4 is 29.4 Å². The molecule has 3 atom stereocenters. The van der Waals surface area contributed by atoms with Crippen molar-refractivity contribution in [3.63, 3.8) is 0 Å². The number of nitrogens with one attached hydrogen (secondary N) is 1. The molecule has 0 aliphatic carbocycles. The summed E-state index contributed by atoms with van der Waals surface area (Å²) in [5, 5.41) is 2.46. The van der Waals surface area contributed by atoms with E-state index in [4.69, 9.17) is 4.74 Å². The third-order valence-electron chi connectivity index (χ3n) is 4.18. The largest absolute Gasteiger partial charge is 0.484 e. The average molecular weight is 531 g/mol. The number of nitrogens with zero attached hydrogens (tertiary/aromatic N) is 1. The summed E-state index contributed by atoms with van der Waals surface area (Å²) in [7, 11) is 0. The number of thioether (sulfide) groups is 1. The molecule has 134 valence electrons. The maximum absolute atomic E-state index is 12.3. The summed E-state index contributed by atoms with van der Waals surface area (Å²) < 4.78 is 4.96. The van der Waals surface area contributed by atoms with Crippen LogP contribution >= 0.6 is 11.8 Å². The molecular formula is C17H19N2O4SW-. The zero-order valence-corrected chi connectivity index (χ0v) is 17.7. The van der Waals surface area contributed by atoms with Crippen LogP contribution in [0.3, 0.4) is 0 Å². The number of benzene rings is 1. The molecule has 0 radical (unpaired) electrons. The molecule has 2 heterocycles. The summed E-state index contributed by atoms with van der Waals surface area (Å²) in [6.07, 6.45) is 0. The fourth-order valence-electron chi connectivity index (χ4n) is 3.15. The van der Waals surface area contributed by atoms with Crippen molar-refractivity contribution in [1.29, 1.82) is 0 Å². The van der Waals surface area contributed by atoms with E-state index in [-0.39, 0.29) is 50.6 Å². The van der Waals surface area contributed by atoms with E-state index in [1.807, 2.05) is 32.0 Å². The van der Waals surface area contributed by atoms with Crippen molar-refractivity contribution in [2.45, 2.75) is 36.1 Å². The number of ether oxygens (including phenoxy) is 1. The fourth-order valence-corrected chi connectivity index (χ4v) is 4.81. The number of carbonyl (C=O) groups excluding carboxylic acids is 3. The molecule has 2 saturated heterocycles. The molecule has 6 nitrogen and oxygen atoms in total. The van der Waals surface area contributed by atoms with E-state index in [9.17, 15) is 14.4 Å². The van der Waals surface area contributed by atoms with E-state index >= 15 is 0 Å². The van der Waals surface area contributed by atoms with Crippen LogP contribution in [0.15, 0.2) is 30.3 Å². The molecule has 1 aromatic carbocycles. The summed E-state index contributed by atoms with van der Waals surface area (Å²) in [6.45, 7) is 7.13. The van der Waals surface area contributed by atoms with Gasteiger partial charge < -0.3 is 26.7 Å². The van der Waals surface area contributed by atoms with Gasteiger partial charge in [0.15, 0.2) is 6.61 Å². The monoisotopic (exact) mass is 531 g/mol. The Morgan fingerprint density at radius 2 is 1.96 bits per heavy atom. The predicted octanol–water partition coefficient (Wildman–Crippen LogP) is 1.01. The number of para-hydroxylation sites is 1. The Morgan fingerprint density at radius 1 is 1.32 bits per heavy atom. The quantitative estimate of drug-likeness (QED) is 0.454. The number of rotatable bonds is 5. The van der Waals surface area contributed by atoms with Gasteiger partial charge in [-0.3, -0.25) is 9.59 Å². The molecule has 3 rings (SSSR count). The van der Waals surface area contributed by atoms with E-state index in [1.165, 1.54) is 16.7 Å². The zero-order chi connectivity index (χ0) is 17.5. The van der Waals surface area contributed by atoms with Gasteiger partial charge in [0.1, 0.15) is 17.2 Å². The number of fused-ring (bicyclic) bond motifs is 1. The summed E-state index contributed by atoms with van der Waals surface area (Å²) >= 11 is 1.51. The molecule has 0 bridgehead atoms. The van der Waals surface area contributed by atoms with E-state index in [0.29, 0.717) is 5.75 Å². The molecule has 1 aromatic rings. The van der Waals surface area contributed by atoms with Crippen LogP contribution < -0.4 is 10.1 Å². The van der Waals surface area contributed by atoms with E-state index in [1.54, 1.807) is 12.1 Å². The Bertz CT molecular complexity index is 682. The van der Waals surface area contributed by atoms with Gasteiger partial charge in [-0.25, -0.2) is 0 Å². The molecule has 25 heavy (non-hydrogen) atoms. The smallest absolute Gasteiger partial charge is 0.258 e. The van der Waals surface area contributed by atoms with Gasteiger partial charge in [0, 0.05) is 31.6 Å². The first kappa shape index (κ1) is 19.9. The average Bonchev–Trinajstić information content (AvgIpc) is 2.80. The van der Waals surface area contributed by atoms with Gasteiger partial charge in [-0.15, -0.1) is 11.8 Å². The van der Waals surface area contributed by atoms with Crippen molar-refractivity contribution in [2.24, 2.45) is 0 Å². The van der Waals surface area contributed by atoms with Crippen LogP contribution in [-0.2, 0) is 35.4 Å². The van der Waals surface area contributed by atoms with Crippen LogP contribution in [0.2, 0.25) is 0 Å². The van der Waals surface area contributed by atoms with Gasteiger partial charge in [-0.2, -0.15) is 0 Å². The second-order valence-corrected chi connectivity index (χ2v) is 8.14. The SMILES string of the molecule is [CH2-]C(=O)C1N2C(=O)C(NC(=O)COc3ccccc3)C2SC1(C)C.[W]. The molecule has 1 N–H and O–H groups in total. The van der Waals surface area contributed by atoms with Crippen LogP contribution in [0.1, 0.15) is 13.8 Å². The second-order valence-electron chi connectivity index (χ2n) is 6.37. The van der Waals surface area contributed by atoms with E-state index in [0.717, 1.165) is 0 Å². The molecule has 2 fully saturated rings. The normalized spacial score (nSPS) is 26.1. The standard InChI is InChI=1S/C17H19N2O4S.W/c1-10(20)14-17(2,3)24-16-13(15(22)19(14)16)18-12(21)9-23-11-7-5-4-6-8-11;/h4-8,13-14,16H,1,9H2,2-3H3,(H,18,21);/q-1;. The third kappa shape index (κ3) is 3.72. The molecule has 2 aliphatic heterocycles. The van der Waals surface area contributed by atoms with Crippen molar-refractivity contribution in [3.05, 3.63) is 37.3 Å². The number of β-lactam (4-membered cyclic amide) rings is 1. The van der Waals surface area contributed by atoms with Gasteiger partial charge >= 0.3 is 0 Å². The topological polar surface area (TPSA) is 75.7 Å². The summed E-state index contributed by atoms with van der Waals surface area (Å²) in [4.78, 5) is 37.7. The first-order chi connectivity index (χ1) is 11.3. The molecule has 0 saturated carbocycles. The summed E-state index contributed by atoms with van der Waals surface area (Å²) in [5.41, 5.74) is 0. The molecule has 0 spiro atoms. The Labute approximate surface area is 165 Å². The van der Waals surface area contributed by atoms with Crippen LogP contribution in [0.4, 0.5) is 0 Å². The minimum Gasteiger partial charge on any atom is -0.484 e. The minimum atomic E-state index is -0.620. The zero-order valence-electron chi connectivity index (χ0n) is 13.9. The Kier molecular flexibility index (Phi) is 5.89. The van der Waals surface area contributed by atoms with Crippen LogP contribution in [-0.4, -0.2) is 51.3 Å². The van der Waals surface area contributed by atoms with Gasteiger partial charge in [-0.05, 0) is 26.0 Å². The maximum atomic E-state index is 12.3. The summed E-state index contributed by atoms with van der Waals surface area (Å²) in [6, 6.07) is 7.82. The predicted molar refractivity (Wildman–Crippen MR) is 90.3 cm³/mol. The molecule has 2 amide bonds. The van der Waals surface area contributed by atoms with Gasteiger partial charge in [0.2, 0.25) is 5.91 Å². The number of hydrogen-bond donors (Lipinski definition) is 1. The number of hydrogen-bond acceptors (Lipinski definition) is 5. The van der Waals surface area contributed by atoms with Crippen LogP contribution in [0.25, 0.3) is 0 Å². The van der Waals surface area contributed by atoms with Crippen molar-refractivity contribution in [3.8, 4) is 5.75 Å². The first-order valence-electron chi connectivity index (χ1n) is 7.64. The van der Waals surface area contributed by atoms with E-state index < -0.39 is 16.8 Å². The molecular weight excluding hydrogens is 512 g/mol. The molecule has 3 unspecified atom stereocenters. The van der Waals surface area contributed by atoms with Crippen molar-refractivity contribution in [2.75, 3.05) is 6.61 Å². The number of carbonyl (C=O) groups is 3. The maximum Gasteiger partial charge on any atom is 0.258 e. The van der Waals surface area contributed by atoms with Gasteiger partial charge in [0.25, 0.3) is 5.91 Å². The van der Waals surface area contributed by atoms with Gasteiger partial charge in [-0.1, -0.05) is 18.2 Å². The fraction of sp³-hybridized carbons (Fsp3) is 0.412. The first-order valence-corrected chi connectivity index (χ1v) is 8.52. The molecule has 8 heteroatoms. The van der Waals surface area contributed by atoms with Crippen molar-refractivity contribution in [1.82, 2.24) is 10.2 Å². The number of amides is 2. The van der Waals surface area contributed by atoms with Crippen molar-refractivity contribution < 1.29 is 40.2 Å². The van der Waals surface area contributed by atoms with Crippen LogP contribution in [0.5, 0.6) is 5.75 Å². The second kappa shape index (κ2) is 7.42. The minimum absolute atomic E-state index is 0. The third-order valence-corrected chi connectivity index (χ3v) is 5.75. The Hall–Kier alpha value is -1.46. The van der Waals surface area contributed by atoms with Crippen LogP contribution in [0, 0.1) is 6.92 Å². The Balaban J connectivity index is 0.00000225.